The summed E-state index contributed by atoms with van der Waals surface area (Å²) in [5.41, 5.74) is 7.88. The zero-order valence-electron chi connectivity index (χ0n) is 24.9. The summed E-state index contributed by atoms with van der Waals surface area (Å²) in [5, 5.41) is 14.1. The Hall–Kier alpha value is -3.93. The Bertz CT molecular complexity index is 1390. The summed E-state index contributed by atoms with van der Waals surface area (Å²) >= 11 is 0. The van der Waals surface area contributed by atoms with Gasteiger partial charge in [0.05, 0.1) is 31.0 Å². The molecule has 0 saturated heterocycles. The van der Waals surface area contributed by atoms with Crippen LogP contribution >= 0.6 is 17.0 Å². The fraction of sp³-hybridized carbons (Fsp3) is 0.433. The lowest BCUT2D eigenvalue weighted by molar-refractivity contribution is -0.118. The van der Waals surface area contributed by atoms with Crippen LogP contribution in [-0.4, -0.2) is 61.0 Å². The number of anilines is 1. The van der Waals surface area contributed by atoms with E-state index in [-0.39, 0.29) is 60.0 Å². The normalized spacial score (nSPS) is 12.2. The fourth-order valence-corrected chi connectivity index (χ4v) is 4.62. The zero-order valence-corrected chi connectivity index (χ0v) is 26.6. The van der Waals surface area contributed by atoms with Crippen LogP contribution in [0.4, 0.5) is 5.69 Å². The van der Waals surface area contributed by atoms with E-state index in [1.165, 1.54) is 14.0 Å². The van der Waals surface area contributed by atoms with Gasteiger partial charge in [-0.05, 0) is 48.6 Å². The molecule has 0 aliphatic carbocycles. The molecule has 3 rings (SSSR count). The van der Waals surface area contributed by atoms with Crippen molar-refractivity contribution in [2.24, 2.45) is 5.73 Å². The summed E-state index contributed by atoms with van der Waals surface area (Å²) in [5.74, 6) is -0.346. The van der Waals surface area contributed by atoms with E-state index in [1.54, 1.807) is 29.2 Å². The molecule has 2 aromatic rings. The molecule has 0 radical (unpaired) electrons. The SMILES string of the molecule is Br.CCOc1cc2c(cc1C(=O)NC)C(=N)N(CC(=O)c1cc(NC(C)=O)c(OCCCC(N)=O)c(C(C)(C)C)c1)C2. The van der Waals surface area contributed by atoms with Crippen LogP contribution in [0.15, 0.2) is 24.3 Å². The van der Waals surface area contributed by atoms with Crippen molar-refractivity contribution in [3.63, 3.8) is 0 Å². The van der Waals surface area contributed by atoms with Gasteiger partial charge in [0, 0.05) is 43.6 Å². The topological polar surface area (TPSA) is 164 Å². The standard InChI is InChI=1S/C30H39N5O6.BrH/c1-7-40-25-13-19-15-35(28(32)20(19)14-21(25)29(39)33-6)16-24(37)18-11-22(30(3,4)5)27(23(12-18)34-17(2)36)41-10-8-9-26(31)38;/h11-14,32H,7-10,15-16H2,1-6H3,(H2,31,38)(H,33,39)(H,34,36);1H. The maximum absolute atomic E-state index is 13.6. The quantitative estimate of drug-likeness (QED) is 0.200. The molecular weight excluding hydrogens is 606 g/mol. The molecule has 5 N–H and O–H groups in total. The number of fused-ring (bicyclic) bond motifs is 1. The third kappa shape index (κ3) is 8.09. The monoisotopic (exact) mass is 645 g/mol. The van der Waals surface area contributed by atoms with Gasteiger partial charge >= 0.3 is 0 Å². The van der Waals surface area contributed by atoms with E-state index in [0.29, 0.717) is 59.0 Å². The lowest BCUT2D eigenvalue weighted by Crippen LogP contribution is -2.30. The first kappa shape index (κ1) is 34.3. The van der Waals surface area contributed by atoms with E-state index in [4.69, 9.17) is 20.6 Å². The van der Waals surface area contributed by atoms with Gasteiger partial charge in [0.25, 0.3) is 5.91 Å². The van der Waals surface area contributed by atoms with Gasteiger partial charge in [-0.15, -0.1) is 17.0 Å². The molecule has 228 valence electrons. The molecule has 1 heterocycles. The van der Waals surface area contributed by atoms with Crippen molar-refractivity contribution >= 4 is 52.0 Å². The number of amidine groups is 1. The van der Waals surface area contributed by atoms with E-state index in [2.05, 4.69) is 10.6 Å². The molecule has 12 heteroatoms. The Morgan fingerprint density at radius 2 is 1.79 bits per heavy atom. The second-order valence-electron chi connectivity index (χ2n) is 10.9. The summed E-state index contributed by atoms with van der Waals surface area (Å²) in [4.78, 5) is 50.9. The summed E-state index contributed by atoms with van der Waals surface area (Å²) in [6.07, 6.45) is 0.571. The molecular formula is C30H40BrN5O6. The van der Waals surface area contributed by atoms with E-state index < -0.39 is 11.3 Å². The third-order valence-electron chi connectivity index (χ3n) is 6.59. The second kappa shape index (κ2) is 14.3. The number of rotatable bonds is 12. The summed E-state index contributed by atoms with van der Waals surface area (Å²) < 4.78 is 11.7. The molecule has 42 heavy (non-hydrogen) atoms. The predicted octanol–water partition coefficient (Wildman–Crippen LogP) is 3.95. The Morgan fingerprint density at radius 3 is 2.36 bits per heavy atom. The van der Waals surface area contributed by atoms with Gasteiger partial charge in [-0.2, -0.15) is 0 Å². The highest BCUT2D eigenvalue weighted by molar-refractivity contribution is 8.93. The van der Waals surface area contributed by atoms with E-state index in [1.807, 2.05) is 27.7 Å². The maximum Gasteiger partial charge on any atom is 0.254 e. The number of benzene rings is 2. The molecule has 0 fully saturated rings. The minimum Gasteiger partial charge on any atom is -0.493 e. The van der Waals surface area contributed by atoms with Crippen LogP contribution in [0.2, 0.25) is 0 Å². The number of hydrogen-bond donors (Lipinski definition) is 4. The van der Waals surface area contributed by atoms with Crippen LogP contribution in [0.1, 0.15) is 84.9 Å². The van der Waals surface area contributed by atoms with Crippen LogP contribution in [0.25, 0.3) is 0 Å². The molecule has 0 unspecified atom stereocenters. The van der Waals surface area contributed by atoms with Crippen LogP contribution in [0, 0.1) is 5.41 Å². The van der Waals surface area contributed by atoms with Crippen LogP contribution in [0.3, 0.4) is 0 Å². The van der Waals surface area contributed by atoms with E-state index in [0.717, 1.165) is 5.56 Å². The number of ketones is 1. The number of nitrogens with one attached hydrogen (secondary N) is 3. The van der Waals surface area contributed by atoms with Gasteiger partial charge in [0.1, 0.15) is 17.3 Å². The predicted molar refractivity (Wildman–Crippen MR) is 166 cm³/mol. The van der Waals surface area contributed by atoms with Crippen molar-refractivity contribution in [3.05, 3.63) is 52.1 Å². The molecule has 0 atom stereocenters. The Morgan fingerprint density at radius 1 is 1.10 bits per heavy atom. The van der Waals surface area contributed by atoms with Crippen molar-refractivity contribution in [2.75, 3.05) is 32.1 Å². The number of carbonyl (C=O) groups excluding carboxylic acids is 4. The highest BCUT2D eigenvalue weighted by Gasteiger charge is 2.31. The first-order chi connectivity index (χ1) is 19.3. The lowest BCUT2D eigenvalue weighted by atomic mass is 9.84. The molecule has 0 spiro atoms. The number of hydrogen-bond acceptors (Lipinski definition) is 7. The van der Waals surface area contributed by atoms with Crippen LogP contribution in [0.5, 0.6) is 11.5 Å². The van der Waals surface area contributed by atoms with E-state index in [9.17, 15) is 19.2 Å². The molecule has 0 saturated carbocycles. The summed E-state index contributed by atoms with van der Waals surface area (Å²) in [7, 11) is 1.53. The molecule has 2 aromatic carbocycles. The molecule has 1 aliphatic heterocycles. The molecule has 1 aliphatic rings. The van der Waals surface area contributed by atoms with Gasteiger partial charge in [0.2, 0.25) is 11.8 Å². The number of Topliss-reactive ketones (excluding diaryl/α,β-unsaturated/α-hetero) is 1. The number of ether oxygens (including phenoxy) is 2. The summed E-state index contributed by atoms with van der Waals surface area (Å²) in [6.45, 7) is 9.90. The van der Waals surface area contributed by atoms with E-state index >= 15 is 0 Å². The number of halogens is 1. The average Bonchev–Trinajstić information content (AvgIpc) is 3.18. The van der Waals surface area contributed by atoms with Gasteiger partial charge < -0.3 is 30.7 Å². The Labute approximate surface area is 256 Å². The number of amides is 3. The smallest absolute Gasteiger partial charge is 0.254 e. The number of primary amides is 1. The maximum atomic E-state index is 13.6. The zero-order chi connectivity index (χ0) is 30.5. The van der Waals surface area contributed by atoms with Gasteiger partial charge in [-0.1, -0.05) is 20.8 Å². The average molecular weight is 647 g/mol. The Kier molecular flexibility index (Phi) is 11.7. The fourth-order valence-electron chi connectivity index (χ4n) is 4.62. The molecule has 11 nitrogen and oxygen atoms in total. The largest absolute Gasteiger partial charge is 0.493 e. The second-order valence-corrected chi connectivity index (χ2v) is 10.9. The van der Waals surface area contributed by atoms with Crippen molar-refractivity contribution in [1.29, 1.82) is 5.41 Å². The molecule has 3 amide bonds. The van der Waals surface area contributed by atoms with Crippen molar-refractivity contribution < 1.29 is 28.7 Å². The third-order valence-corrected chi connectivity index (χ3v) is 6.59. The first-order valence-electron chi connectivity index (χ1n) is 13.5. The van der Waals surface area contributed by atoms with Crippen LogP contribution in [-0.2, 0) is 21.5 Å². The minimum atomic E-state index is -0.453. The van der Waals surface area contributed by atoms with Crippen LogP contribution < -0.4 is 25.8 Å². The number of nitrogens with zero attached hydrogens (tertiary/aromatic N) is 1. The lowest BCUT2D eigenvalue weighted by Gasteiger charge is -2.26. The first-order valence-corrected chi connectivity index (χ1v) is 13.5. The molecule has 0 aromatic heterocycles. The number of nitrogens with two attached hydrogens (primary N) is 1. The van der Waals surface area contributed by atoms with Crippen molar-refractivity contribution in [3.8, 4) is 11.5 Å². The highest BCUT2D eigenvalue weighted by Crippen LogP contribution is 2.39. The number of carbonyl (C=O) groups is 4. The van der Waals surface area contributed by atoms with Gasteiger partial charge in [0.15, 0.2) is 5.78 Å². The van der Waals surface area contributed by atoms with Crippen molar-refractivity contribution in [1.82, 2.24) is 10.2 Å². The van der Waals surface area contributed by atoms with Crippen molar-refractivity contribution in [2.45, 2.75) is 59.4 Å². The minimum absolute atomic E-state index is 0. The van der Waals surface area contributed by atoms with Gasteiger partial charge in [-0.3, -0.25) is 24.6 Å². The Balaban J connectivity index is 0.00000616. The summed E-state index contributed by atoms with van der Waals surface area (Å²) in [6, 6.07) is 6.70. The molecule has 0 bridgehead atoms. The highest BCUT2D eigenvalue weighted by atomic mass is 79.9. The van der Waals surface area contributed by atoms with Gasteiger partial charge in [-0.25, -0.2) is 0 Å².